The molecule has 178 valence electrons. The normalized spacial score (nSPS) is 26.6. The zero-order valence-corrected chi connectivity index (χ0v) is 19.7. The number of rotatable bonds is 9. The summed E-state index contributed by atoms with van der Waals surface area (Å²) in [5, 5.41) is 9.25. The summed E-state index contributed by atoms with van der Waals surface area (Å²) in [6.07, 6.45) is 2.27. The van der Waals surface area contributed by atoms with E-state index in [1.807, 2.05) is 41.0 Å². The molecule has 3 aliphatic rings. The molecule has 1 unspecified atom stereocenters. The van der Waals surface area contributed by atoms with E-state index in [0.29, 0.717) is 26.1 Å². The van der Waals surface area contributed by atoms with Gasteiger partial charge >= 0.3 is 0 Å². The van der Waals surface area contributed by atoms with Crippen LogP contribution in [0.5, 0.6) is 0 Å². The largest absolute Gasteiger partial charge is 0.330 e. The molecule has 10 nitrogen and oxygen atoms in total. The second-order valence-electron chi connectivity index (χ2n) is 8.71. The average Bonchev–Trinajstić information content (AvgIpc) is 3.53. The van der Waals surface area contributed by atoms with Crippen LogP contribution in [0.3, 0.4) is 0 Å². The zero-order chi connectivity index (χ0) is 23.5. The topological polar surface area (TPSA) is 124 Å². The van der Waals surface area contributed by atoms with Crippen molar-refractivity contribution in [2.24, 2.45) is 5.73 Å². The van der Waals surface area contributed by atoms with Crippen LogP contribution < -0.4 is 11.2 Å². The van der Waals surface area contributed by atoms with Gasteiger partial charge in [0.1, 0.15) is 6.04 Å². The van der Waals surface area contributed by atoms with Crippen LogP contribution in [-0.2, 0) is 18.9 Å². The predicted molar refractivity (Wildman–Crippen MR) is 121 cm³/mol. The lowest BCUT2D eigenvalue weighted by molar-refractivity contribution is -0.237. The maximum Gasteiger partial charge on any atom is 0.241 e. The molecule has 2 amide bonds. The Labute approximate surface area is 198 Å². The van der Waals surface area contributed by atoms with Crippen LogP contribution in [0.15, 0.2) is 29.2 Å². The quantitative estimate of drug-likeness (QED) is 0.233. The molecule has 0 aliphatic carbocycles. The van der Waals surface area contributed by atoms with Gasteiger partial charge in [-0.3, -0.25) is 14.5 Å². The fraction of sp³-hybridized carbons (Fsp3) is 0.591. The number of likely N-dealkylation sites (tertiary alicyclic amines) is 3. The van der Waals surface area contributed by atoms with E-state index in [-0.39, 0.29) is 36.0 Å². The summed E-state index contributed by atoms with van der Waals surface area (Å²) in [7, 11) is 1.61. The third-order valence-corrected chi connectivity index (χ3v) is 7.38. The molecule has 0 spiro atoms. The molecule has 1 aromatic rings. The fourth-order valence-corrected chi connectivity index (χ4v) is 5.59. The van der Waals surface area contributed by atoms with Crippen molar-refractivity contribution >= 4 is 23.9 Å². The molecule has 3 heterocycles. The molecule has 1 aromatic carbocycles. The molecule has 11 heteroatoms. The molecule has 0 aromatic heterocycles. The molecule has 33 heavy (non-hydrogen) atoms. The summed E-state index contributed by atoms with van der Waals surface area (Å²) in [6, 6.07) is 8.70. The lowest BCUT2D eigenvalue weighted by Crippen LogP contribution is -2.56. The van der Waals surface area contributed by atoms with Gasteiger partial charge in [-0.05, 0) is 43.9 Å². The smallest absolute Gasteiger partial charge is 0.241 e. The molecule has 4 rings (SSSR count). The van der Waals surface area contributed by atoms with Crippen molar-refractivity contribution in [3.63, 3.8) is 0 Å². The number of carbonyl (C=O) groups is 2. The van der Waals surface area contributed by atoms with Crippen molar-refractivity contribution in [1.82, 2.24) is 20.2 Å². The van der Waals surface area contributed by atoms with Crippen LogP contribution in [0.25, 0.3) is 0 Å². The highest BCUT2D eigenvalue weighted by atomic mass is 32.2. The Kier molecular flexibility index (Phi) is 7.53. The van der Waals surface area contributed by atoms with E-state index in [2.05, 4.69) is 16.5 Å². The number of benzene rings is 1. The highest BCUT2D eigenvalue weighted by Gasteiger charge is 2.51. The highest BCUT2D eigenvalue weighted by molar-refractivity contribution is 7.94. The van der Waals surface area contributed by atoms with Gasteiger partial charge < -0.3 is 15.5 Å². The lowest BCUT2D eigenvalue weighted by atomic mass is 10.1. The fourth-order valence-electron chi connectivity index (χ4n) is 5.16. The third kappa shape index (κ3) is 4.87. The van der Waals surface area contributed by atoms with Gasteiger partial charge in [-0.15, -0.1) is 9.32 Å². The van der Waals surface area contributed by atoms with Gasteiger partial charge in [0, 0.05) is 37.6 Å². The maximum absolute atomic E-state index is 13.2. The monoisotopic (exact) mass is 474 g/mol. The van der Waals surface area contributed by atoms with Crippen molar-refractivity contribution in [2.75, 3.05) is 26.7 Å². The summed E-state index contributed by atoms with van der Waals surface area (Å²) in [5.74, 6) is -0.111. The number of piperazine rings is 1. The van der Waals surface area contributed by atoms with Crippen LogP contribution in [0, 0.1) is 11.3 Å². The minimum absolute atomic E-state index is 0.0560. The number of nitriles is 1. The second-order valence-corrected chi connectivity index (χ2v) is 9.49. The molecule has 3 saturated heterocycles. The number of hydrogen-bond acceptors (Lipinski definition) is 9. The summed E-state index contributed by atoms with van der Waals surface area (Å²) >= 11 is 1.10. The molecule has 3 fully saturated rings. The molecule has 0 saturated carbocycles. The van der Waals surface area contributed by atoms with E-state index in [9.17, 15) is 14.9 Å². The molecular weight excluding hydrogens is 444 g/mol. The number of nitrogens with zero attached hydrogens (tertiary/aromatic N) is 4. The van der Waals surface area contributed by atoms with Gasteiger partial charge in [-0.25, -0.2) is 0 Å². The Balaban J connectivity index is 1.34. The van der Waals surface area contributed by atoms with E-state index in [1.165, 1.54) is 0 Å². The average molecular weight is 475 g/mol. The highest BCUT2D eigenvalue weighted by Crippen LogP contribution is 2.38. The minimum atomic E-state index is -0.726. The first-order chi connectivity index (χ1) is 15.9. The summed E-state index contributed by atoms with van der Waals surface area (Å²) in [5.41, 5.74) is 9.70. The van der Waals surface area contributed by atoms with Crippen LogP contribution in [0.4, 0.5) is 0 Å². The van der Waals surface area contributed by atoms with Crippen LogP contribution in [0.1, 0.15) is 37.8 Å². The number of fused-ring (bicyclic) bond motifs is 2. The van der Waals surface area contributed by atoms with Crippen molar-refractivity contribution in [1.29, 1.82) is 5.26 Å². The van der Waals surface area contributed by atoms with Gasteiger partial charge in [0.15, 0.2) is 0 Å². The Morgan fingerprint density at radius 1 is 1.39 bits per heavy atom. The first kappa shape index (κ1) is 23.9. The molecule has 2 bridgehead atoms. The third-order valence-electron chi connectivity index (χ3n) is 6.77. The van der Waals surface area contributed by atoms with Gasteiger partial charge in [0.05, 0.1) is 36.2 Å². The minimum Gasteiger partial charge on any atom is -0.330 e. The van der Waals surface area contributed by atoms with Crippen molar-refractivity contribution < 1.29 is 18.9 Å². The molecular formula is C22H30N6O4S. The van der Waals surface area contributed by atoms with E-state index in [1.54, 1.807) is 11.9 Å². The van der Waals surface area contributed by atoms with Gasteiger partial charge in [0.25, 0.3) is 0 Å². The van der Waals surface area contributed by atoms with E-state index in [4.69, 9.17) is 10.1 Å². The van der Waals surface area contributed by atoms with Gasteiger partial charge in [-0.2, -0.15) is 10.7 Å². The Bertz CT molecular complexity index is 909. The number of hydroxylamine groups is 1. The summed E-state index contributed by atoms with van der Waals surface area (Å²) in [6.45, 7) is 3.65. The molecule has 5 atom stereocenters. The van der Waals surface area contributed by atoms with E-state index < -0.39 is 6.04 Å². The number of carbonyl (C=O) groups excluding carboxylic acids is 2. The zero-order valence-electron chi connectivity index (χ0n) is 18.8. The van der Waals surface area contributed by atoms with Crippen molar-refractivity contribution in [2.45, 2.75) is 61.3 Å². The number of nitrogens with two attached hydrogens (primary N) is 1. The molecule has 0 radical (unpaired) electrons. The van der Waals surface area contributed by atoms with E-state index >= 15 is 0 Å². The SMILES string of the molecule is CNOOSc1ccc([C@@H](C)N2C(=O)[C@@H]3CC2CN3C[C@H](N)C(=O)N2CCC[C@H]2C#N)cc1. The molecule has 3 aliphatic heterocycles. The maximum atomic E-state index is 13.2. The van der Waals surface area contributed by atoms with Crippen LogP contribution in [0.2, 0.25) is 0 Å². The Morgan fingerprint density at radius 2 is 2.15 bits per heavy atom. The molecule has 3 N–H and O–H groups in total. The first-order valence-corrected chi connectivity index (χ1v) is 12.0. The number of hydrogen-bond donors (Lipinski definition) is 2. The van der Waals surface area contributed by atoms with Crippen LogP contribution in [-0.4, -0.2) is 77.4 Å². The lowest BCUT2D eigenvalue weighted by Gasteiger charge is -2.38. The first-order valence-electron chi connectivity index (χ1n) is 11.2. The van der Waals surface area contributed by atoms with E-state index in [0.717, 1.165) is 35.3 Å². The number of nitrogens with one attached hydrogen (secondary N) is 1. The van der Waals surface area contributed by atoms with Crippen molar-refractivity contribution in [3.05, 3.63) is 29.8 Å². The van der Waals surface area contributed by atoms with Crippen molar-refractivity contribution in [3.8, 4) is 6.07 Å². The summed E-state index contributed by atoms with van der Waals surface area (Å²) in [4.78, 5) is 37.1. The Morgan fingerprint density at radius 3 is 2.82 bits per heavy atom. The van der Waals surface area contributed by atoms with Gasteiger partial charge in [0.2, 0.25) is 11.8 Å². The standard InChI is InChI=1S/C22H30N6O4S/c1-14(15-5-7-18(8-6-15)33-32-31-25-2)28-17-10-20(22(28)30)26(12-17)13-19(24)21(29)27-9-3-4-16(27)11-23/h5-8,14,16-17,19-20,25H,3-4,9-10,12-13,24H2,1-2H3/t14-,16+,17?,19+,20+/m1/s1. The second kappa shape index (κ2) is 10.4. The Hall–Kier alpha value is -2.20. The number of amides is 2. The summed E-state index contributed by atoms with van der Waals surface area (Å²) < 4.78 is 4.91. The van der Waals surface area contributed by atoms with Crippen LogP contribution >= 0.6 is 12.0 Å². The van der Waals surface area contributed by atoms with Gasteiger partial charge in [-0.1, -0.05) is 12.1 Å². The predicted octanol–water partition coefficient (Wildman–Crippen LogP) is 0.964.